The van der Waals surface area contributed by atoms with Gasteiger partial charge < -0.3 is 15.6 Å². The molecule has 7 heteroatoms. The summed E-state index contributed by atoms with van der Waals surface area (Å²) in [6, 6.07) is 14.0. The SMILES string of the molecule is Cc1cccc(Cn2cccc(C(=O)Nc3cc(Cl)c(N)c(Cl)c3)c2=O)c1. The normalized spacial score (nSPS) is 10.6. The van der Waals surface area contributed by atoms with Crippen molar-refractivity contribution in [1.82, 2.24) is 4.57 Å². The van der Waals surface area contributed by atoms with Crippen molar-refractivity contribution < 1.29 is 4.79 Å². The number of pyridine rings is 1. The van der Waals surface area contributed by atoms with E-state index in [-0.39, 0.29) is 26.9 Å². The van der Waals surface area contributed by atoms with E-state index in [2.05, 4.69) is 5.32 Å². The number of rotatable bonds is 4. The van der Waals surface area contributed by atoms with E-state index in [0.29, 0.717) is 12.2 Å². The Balaban J connectivity index is 1.87. The molecular weight excluding hydrogens is 385 g/mol. The van der Waals surface area contributed by atoms with Gasteiger partial charge >= 0.3 is 0 Å². The van der Waals surface area contributed by atoms with Crippen molar-refractivity contribution in [3.63, 3.8) is 0 Å². The number of carbonyl (C=O) groups excluding carboxylic acids is 1. The second kappa shape index (κ2) is 7.86. The van der Waals surface area contributed by atoms with Crippen molar-refractivity contribution in [3.05, 3.63) is 91.8 Å². The van der Waals surface area contributed by atoms with Crippen LogP contribution in [0.1, 0.15) is 21.5 Å². The van der Waals surface area contributed by atoms with Gasteiger partial charge in [0.15, 0.2) is 0 Å². The number of nitrogens with zero attached hydrogens (tertiary/aromatic N) is 1. The quantitative estimate of drug-likeness (QED) is 0.637. The predicted octanol–water partition coefficient (Wildman–Crippen LogP) is 4.35. The molecule has 0 aliphatic heterocycles. The molecule has 0 aliphatic rings. The Kier molecular flexibility index (Phi) is 5.54. The molecule has 1 heterocycles. The van der Waals surface area contributed by atoms with E-state index in [1.54, 1.807) is 12.3 Å². The maximum Gasteiger partial charge on any atom is 0.263 e. The van der Waals surface area contributed by atoms with Gasteiger partial charge in [0.05, 0.1) is 22.3 Å². The molecule has 3 aromatic rings. The highest BCUT2D eigenvalue weighted by atomic mass is 35.5. The summed E-state index contributed by atoms with van der Waals surface area (Å²) >= 11 is 12.0. The minimum atomic E-state index is -0.546. The number of nitrogens with one attached hydrogen (secondary N) is 1. The third-order valence-corrected chi connectivity index (χ3v) is 4.66. The number of anilines is 2. The highest BCUT2D eigenvalue weighted by Gasteiger charge is 2.14. The molecule has 2 aromatic carbocycles. The fourth-order valence-corrected chi connectivity index (χ4v) is 3.18. The molecular formula is C20H17Cl2N3O2. The highest BCUT2D eigenvalue weighted by molar-refractivity contribution is 6.39. The van der Waals surface area contributed by atoms with Crippen LogP contribution in [-0.2, 0) is 6.54 Å². The number of hydrogen-bond acceptors (Lipinski definition) is 3. The van der Waals surface area contributed by atoms with E-state index < -0.39 is 5.91 Å². The zero-order valence-corrected chi connectivity index (χ0v) is 16.0. The average molecular weight is 402 g/mol. The summed E-state index contributed by atoms with van der Waals surface area (Å²) in [6.45, 7) is 2.36. The summed E-state index contributed by atoms with van der Waals surface area (Å²) in [5.74, 6) is -0.546. The van der Waals surface area contributed by atoms with Gasteiger partial charge in [-0.3, -0.25) is 9.59 Å². The second-order valence-corrected chi connectivity index (χ2v) is 6.97. The number of halogens is 2. The molecule has 0 saturated carbocycles. The number of hydrogen-bond donors (Lipinski definition) is 2. The van der Waals surface area contributed by atoms with Crippen molar-refractivity contribution >= 4 is 40.5 Å². The first-order valence-electron chi connectivity index (χ1n) is 8.16. The third kappa shape index (κ3) is 4.32. The minimum Gasteiger partial charge on any atom is -0.396 e. The van der Waals surface area contributed by atoms with Gasteiger partial charge in [0.1, 0.15) is 5.56 Å². The monoisotopic (exact) mass is 401 g/mol. The molecule has 3 N–H and O–H groups in total. The van der Waals surface area contributed by atoms with Gasteiger partial charge in [-0.2, -0.15) is 0 Å². The lowest BCUT2D eigenvalue weighted by atomic mass is 10.1. The highest BCUT2D eigenvalue weighted by Crippen LogP contribution is 2.31. The van der Waals surface area contributed by atoms with Crippen LogP contribution in [0.2, 0.25) is 10.0 Å². The standard InChI is InChI=1S/C20H17Cl2N3O2/c1-12-4-2-5-13(8-12)11-25-7-3-6-15(20(25)27)19(26)24-14-9-16(21)18(23)17(22)10-14/h2-10H,11,23H2,1H3,(H,24,26). The van der Waals surface area contributed by atoms with Crippen LogP contribution < -0.4 is 16.6 Å². The van der Waals surface area contributed by atoms with Gasteiger partial charge in [0.2, 0.25) is 0 Å². The molecule has 0 unspecified atom stereocenters. The Morgan fingerprint density at radius 3 is 2.48 bits per heavy atom. The topological polar surface area (TPSA) is 77.1 Å². The van der Waals surface area contributed by atoms with Crippen LogP contribution in [0, 0.1) is 6.92 Å². The molecule has 138 valence electrons. The van der Waals surface area contributed by atoms with Gasteiger partial charge in [-0.05, 0) is 36.8 Å². The lowest BCUT2D eigenvalue weighted by Gasteiger charge is -2.10. The van der Waals surface area contributed by atoms with Crippen LogP contribution in [-0.4, -0.2) is 10.5 Å². The molecule has 1 aromatic heterocycles. The number of nitrogen functional groups attached to an aromatic ring is 1. The van der Waals surface area contributed by atoms with Gasteiger partial charge in [-0.1, -0.05) is 53.0 Å². The fraction of sp³-hybridized carbons (Fsp3) is 0.100. The second-order valence-electron chi connectivity index (χ2n) is 6.15. The molecule has 1 amide bonds. The number of amides is 1. The van der Waals surface area contributed by atoms with E-state index in [1.165, 1.54) is 22.8 Å². The van der Waals surface area contributed by atoms with Crippen molar-refractivity contribution in [2.75, 3.05) is 11.1 Å². The number of nitrogens with two attached hydrogens (primary N) is 1. The Labute approximate surface area is 166 Å². The Hall–Kier alpha value is -2.76. The number of carbonyl (C=O) groups is 1. The summed E-state index contributed by atoms with van der Waals surface area (Å²) in [6.07, 6.45) is 1.65. The largest absolute Gasteiger partial charge is 0.396 e. The maximum absolute atomic E-state index is 12.7. The molecule has 3 rings (SSSR count). The minimum absolute atomic E-state index is 0.0224. The van der Waals surface area contributed by atoms with E-state index >= 15 is 0 Å². The number of benzene rings is 2. The van der Waals surface area contributed by atoms with Crippen LogP contribution in [0.3, 0.4) is 0 Å². The van der Waals surface area contributed by atoms with Crippen molar-refractivity contribution in [2.24, 2.45) is 0 Å². The summed E-state index contributed by atoms with van der Waals surface area (Å²) in [7, 11) is 0. The Morgan fingerprint density at radius 2 is 1.81 bits per heavy atom. The third-order valence-electron chi connectivity index (χ3n) is 4.04. The van der Waals surface area contributed by atoms with Crippen LogP contribution >= 0.6 is 23.2 Å². The van der Waals surface area contributed by atoms with Gasteiger partial charge in [-0.25, -0.2) is 0 Å². The summed E-state index contributed by atoms with van der Waals surface area (Å²) in [5.41, 5.74) is 8.00. The molecule has 5 nitrogen and oxygen atoms in total. The lowest BCUT2D eigenvalue weighted by Crippen LogP contribution is -2.29. The maximum atomic E-state index is 12.7. The van der Waals surface area contributed by atoms with E-state index in [1.807, 2.05) is 31.2 Å². The summed E-state index contributed by atoms with van der Waals surface area (Å²) in [5, 5.41) is 3.08. The van der Waals surface area contributed by atoms with E-state index in [9.17, 15) is 9.59 Å². The molecule has 0 spiro atoms. The molecule has 0 saturated heterocycles. The smallest absolute Gasteiger partial charge is 0.263 e. The molecule has 0 aliphatic carbocycles. The average Bonchev–Trinajstić information content (AvgIpc) is 2.61. The number of aromatic nitrogens is 1. The van der Waals surface area contributed by atoms with Gasteiger partial charge in [0, 0.05) is 11.9 Å². The van der Waals surface area contributed by atoms with Gasteiger partial charge in [0.25, 0.3) is 11.5 Å². The summed E-state index contributed by atoms with van der Waals surface area (Å²) in [4.78, 5) is 25.3. The van der Waals surface area contributed by atoms with Crippen LogP contribution in [0.4, 0.5) is 11.4 Å². The van der Waals surface area contributed by atoms with Crippen molar-refractivity contribution in [3.8, 4) is 0 Å². The van der Waals surface area contributed by atoms with E-state index in [4.69, 9.17) is 28.9 Å². The Morgan fingerprint density at radius 1 is 1.11 bits per heavy atom. The zero-order chi connectivity index (χ0) is 19.6. The summed E-state index contributed by atoms with van der Waals surface area (Å²) < 4.78 is 1.49. The molecule has 0 radical (unpaired) electrons. The Bertz CT molecular complexity index is 1050. The van der Waals surface area contributed by atoms with Crippen molar-refractivity contribution in [2.45, 2.75) is 13.5 Å². The fourth-order valence-electron chi connectivity index (χ4n) is 2.70. The van der Waals surface area contributed by atoms with Gasteiger partial charge in [-0.15, -0.1) is 0 Å². The molecule has 0 fully saturated rings. The zero-order valence-electron chi connectivity index (χ0n) is 14.5. The molecule has 0 bridgehead atoms. The van der Waals surface area contributed by atoms with E-state index in [0.717, 1.165) is 11.1 Å². The van der Waals surface area contributed by atoms with Crippen LogP contribution in [0.15, 0.2) is 59.5 Å². The van der Waals surface area contributed by atoms with Crippen molar-refractivity contribution in [1.29, 1.82) is 0 Å². The first-order chi connectivity index (χ1) is 12.8. The van der Waals surface area contributed by atoms with Crippen LogP contribution in [0.5, 0.6) is 0 Å². The molecule has 0 atom stereocenters. The number of aryl methyl sites for hydroxylation is 1. The lowest BCUT2D eigenvalue weighted by molar-refractivity contribution is 0.102. The first-order valence-corrected chi connectivity index (χ1v) is 8.91. The first kappa shape index (κ1) is 19.0. The predicted molar refractivity (Wildman–Crippen MR) is 110 cm³/mol. The molecule has 27 heavy (non-hydrogen) atoms. The van der Waals surface area contributed by atoms with Crippen LogP contribution in [0.25, 0.3) is 0 Å².